The van der Waals surface area contributed by atoms with E-state index in [4.69, 9.17) is 5.11 Å². The lowest BCUT2D eigenvalue weighted by molar-refractivity contribution is 0.0169. The number of rotatable bonds is 4. The molecule has 0 radical (unpaired) electrons. The van der Waals surface area contributed by atoms with Gasteiger partial charge in [-0.05, 0) is 44.0 Å². The van der Waals surface area contributed by atoms with Crippen molar-refractivity contribution in [1.82, 2.24) is 14.9 Å². The lowest BCUT2D eigenvalue weighted by Gasteiger charge is -2.33. The highest BCUT2D eigenvalue weighted by Gasteiger charge is 2.25. The second kappa shape index (κ2) is 5.91. The monoisotopic (exact) mass is 275 g/mol. The van der Waals surface area contributed by atoms with Gasteiger partial charge in [0.1, 0.15) is 5.82 Å². The van der Waals surface area contributed by atoms with Gasteiger partial charge in [0.25, 0.3) is 0 Å². The fraction of sp³-hybridized carbons (Fsp3) is 0.533. The van der Waals surface area contributed by atoms with E-state index >= 15 is 0 Å². The van der Waals surface area contributed by atoms with Crippen LogP contribution in [0.25, 0.3) is 11.0 Å². The molecule has 5 nitrogen and oxygen atoms in total. The lowest BCUT2D eigenvalue weighted by atomic mass is 9.91. The average Bonchev–Trinajstić information content (AvgIpc) is 2.89. The third-order valence-electron chi connectivity index (χ3n) is 4.18. The first-order chi connectivity index (χ1) is 9.76. The summed E-state index contributed by atoms with van der Waals surface area (Å²) in [5, 5.41) is 18.7. The highest BCUT2D eigenvalue weighted by molar-refractivity contribution is 5.74. The summed E-state index contributed by atoms with van der Waals surface area (Å²) in [6.45, 7) is 2.57. The Kier molecular flexibility index (Phi) is 4.00. The molecule has 1 aliphatic heterocycles. The van der Waals surface area contributed by atoms with Crippen LogP contribution in [-0.4, -0.2) is 50.9 Å². The van der Waals surface area contributed by atoms with E-state index in [1.165, 1.54) is 0 Å². The van der Waals surface area contributed by atoms with Crippen molar-refractivity contribution >= 4 is 11.0 Å². The van der Waals surface area contributed by atoms with Crippen molar-refractivity contribution in [3.8, 4) is 0 Å². The van der Waals surface area contributed by atoms with E-state index in [9.17, 15) is 5.11 Å². The fourth-order valence-electron chi connectivity index (χ4n) is 2.94. The molecule has 3 rings (SSSR count). The summed E-state index contributed by atoms with van der Waals surface area (Å²) in [4.78, 5) is 10.3. The number of benzene rings is 1. The van der Waals surface area contributed by atoms with Crippen molar-refractivity contribution in [3.05, 3.63) is 30.1 Å². The Hall–Kier alpha value is -1.43. The van der Waals surface area contributed by atoms with Crippen molar-refractivity contribution in [2.75, 3.05) is 19.7 Å². The SMILES string of the molecule is OCC(O)C1CCN(Cc2nc3ccccc3[nH]2)CC1. The smallest absolute Gasteiger partial charge is 0.121 e. The number of hydrogen-bond acceptors (Lipinski definition) is 4. The van der Waals surface area contributed by atoms with E-state index in [2.05, 4.69) is 14.9 Å². The Morgan fingerprint density at radius 3 is 2.75 bits per heavy atom. The van der Waals surface area contributed by atoms with E-state index in [0.29, 0.717) is 0 Å². The Morgan fingerprint density at radius 2 is 2.05 bits per heavy atom. The number of hydrogen-bond donors (Lipinski definition) is 3. The minimum absolute atomic E-state index is 0.131. The maximum absolute atomic E-state index is 9.67. The Bertz CT molecular complexity index is 528. The number of aromatic amines is 1. The summed E-state index contributed by atoms with van der Waals surface area (Å²) in [7, 11) is 0. The zero-order valence-electron chi connectivity index (χ0n) is 11.5. The number of imidazole rings is 1. The van der Waals surface area contributed by atoms with Gasteiger partial charge in [0.2, 0.25) is 0 Å². The number of piperidine rings is 1. The molecule has 0 saturated carbocycles. The molecule has 0 aliphatic carbocycles. The van der Waals surface area contributed by atoms with Gasteiger partial charge in [0.05, 0.1) is 30.3 Å². The topological polar surface area (TPSA) is 72.4 Å². The van der Waals surface area contributed by atoms with Gasteiger partial charge in [-0.1, -0.05) is 12.1 Å². The zero-order valence-corrected chi connectivity index (χ0v) is 11.5. The molecule has 1 aromatic heterocycles. The first-order valence-electron chi connectivity index (χ1n) is 7.21. The summed E-state index contributed by atoms with van der Waals surface area (Å²) in [6.07, 6.45) is 1.30. The van der Waals surface area contributed by atoms with Crippen LogP contribution in [0.4, 0.5) is 0 Å². The van der Waals surface area contributed by atoms with E-state index < -0.39 is 6.10 Å². The van der Waals surface area contributed by atoms with Gasteiger partial charge in [-0.25, -0.2) is 4.98 Å². The molecule has 1 unspecified atom stereocenters. The Morgan fingerprint density at radius 1 is 1.30 bits per heavy atom. The summed E-state index contributed by atoms with van der Waals surface area (Å²) < 4.78 is 0. The number of nitrogens with one attached hydrogen (secondary N) is 1. The molecule has 1 atom stereocenters. The zero-order chi connectivity index (χ0) is 13.9. The second-order valence-corrected chi connectivity index (χ2v) is 5.56. The van der Waals surface area contributed by atoms with Gasteiger partial charge >= 0.3 is 0 Å². The highest BCUT2D eigenvalue weighted by Crippen LogP contribution is 2.22. The quantitative estimate of drug-likeness (QED) is 0.782. The molecule has 1 fully saturated rings. The molecule has 1 saturated heterocycles. The Balaban J connectivity index is 1.59. The number of para-hydroxylation sites is 2. The molecule has 20 heavy (non-hydrogen) atoms. The molecule has 108 valence electrons. The Labute approximate surface area is 118 Å². The van der Waals surface area contributed by atoms with Crippen molar-refractivity contribution in [1.29, 1.82) is 0 Å². The average molecular weight is 275 g/mol. The van der Waals surface area contributed by atoms with Crippen LogP contribution in [-0.2, 0) is 6.54 Å². The van der Waals surface area contributed by atoms with Crippen molar-refractivity contribution in [2.45, 2.75) is 25.5 Å². The minimum Gasteiger partial charge on any atom is -0.394 e. The molecular weight excluding hydrogens is 254 g/mol. The van der Waals surface area contributed by atoms with Gasteiger partial charge in [-0.2, -0.15) is 0 Å². The molecule has 5 heteroatoms. The molecule has 0 bridgehead atoms. The standard InChI is InChI=1S/C15H21N3O2/c19-10-14(20)11-5-7-18(8-6-11)9-15-16-12-3-1-2-4-13(12)17-15/h1-4,11,14,19-20H,5-10H2,(H,16,17). The molecule has 2 heterocycles. The van der Waals surface area contributed by atoms with Crippen LogP contribution >= 0.6 is 0 Å². The predicted molar refractivity (Wildman–Crippen MR) is 77.2 cm³/mol. The number of aliphatic hydroxyl groups is 2. The summed E-state index contributed by atoms with van der Waals surface area (Å²) >= 11 is 0. The number of fused-ring (bicyclic) bond motifs is 1. The molecule has 3 N–H and O–H groups in total. The van der Waals surface area contributed by atoms with E-state index in [1.807, 2.05) is 24.3 Å². The van der Waals surface area contributed by atoms with E-state index in [1.54, 1.807) is 0 Å². The molecule has 0 amide bonds. The van der Waals surface area contributed by atoms with Crippen molar-refractivity contribution in [3.63, 3.8) is 0 Å². The van der Waals surface area contributed by atoms with Crippen LogP contribution in [0.5, 0.6) is 0 Å². The number of nitrogens with zero attached hydrogens (tertiary/aromatic N) is 2. The number of H-pyrrole nitrogens is 1. The maximum atomic E-state index is 9.67. The summed E-state index contributed by atoms with van der Waals surface area (Å²) in [6, 6.07) is 8.05. The molecule has 0 spiro atoms. The predicted octanol–water partition coefficient (Wildman–Crippen LogP) is 1.13. The lowest BCUT2D eigenvalue weighted by Crippen LogP contribution is -2.38. The number of aromatic nitrogens is 2. The second-order valence-electron chi connectivity index (χ2n) is 5.56. The van der Waals surface area contributed by atoms with Gasteiger partial charge in [-0.3, -0.25) is 4.90 Å². The van der Waals surface area contributed by atoms with E-state index in [0.717, 1.165) is 49.3 Å². The van der Waals surface area contributed by atoms with Gasteiger partial charge in [-0.15, -0.1) is 0 Å². The van der Waals surface area contributed by atoms with E-state index in [-0.39, 0.29) is 12.5 Å². The van der Waals surface area contributed by atoms with Crippen LogP contribution < -0.4 is 0 Å². The van der Waals surface area contributed by atoms with Crippen LogP contribution in [0.1, 0.15) is 18.7 Å². The largest absolute Gasteiger partial charge is 0.394 e. The van der Waals surface area contributed by atoms with Crippen LogP contribution in [0.3, 0.4) is 0 Å². The summed E-state index contributed by atoms with van der Waals surface area (Å²) in [5.41, 5.74) is 2.08. The first-order valence-corrected chi connectivity index (χ1v) is 7.21. The van der Waals surface area contributed by atoms with Crippen LogP contribution in [0, 0.1) is 5.92 Å². The molecule has 1 aliphatic rings. The third-order valence-corrected chi connectivity index (χ3v) is 4.18. The minimum atomic E-state index is -0.566. The fourth-order valence-corrected chi connectivity index (χ4v) is 2.94. The third kappa shape index (κ3) is 2.85. The highest BCUT2D eigenvalue weighted by atomic mass is 16.3. The number of aliphatic hydroxyl groups excluding tert-OH is 2. The van der Waals surface area contributed by atoms with Crippen molar-refractivity contribution < 1.29 is 10.2 Å². The molecular formula is C15H21N3O2. The maximum Gasteiger partial charge on any atom is 0.121 e. The summed E-state index contributed by atoms with van der Waals surface area (Å²) in [5.74, 6) is 1.22. The molecule has 1 aromatic carbocycles. The van der Waals surface area contributed by atoms with Crippen LogP contribution in [0.15, 0.2) is 24.3 Å². The number of likely N-dealkylation sites (tertiary alicyclic amines) is 1. The normalized spacial score (nSPS) is 19.5. The first kappa shape index (κ1) is 13.5. The van der Waals surface area contributed by atoms with Gasteiger partial charge < -0.3 is 15.2 Å². The molecule has 2 aromatic rings. The van der Waals surface area contributed by atoms with Crippen LogP contribution in [0.2, 0.25) is 0 Å². The van der Waals surface area contributed by atoms with Gasteiger partial charge in [0.15, 0.2) is 0 Å². The van der Waals surface area contributed by atoms with Crippen molar-refractivity contribution in [2.24, 2.45) is 5.92 Å². The van der Waals surface area contributed by atoms with Gasteiger partial charge in [0, 0.05) is 0 Å².